The second-order valence-electron chi connectivity index (χ2n) is 5.08. The molecular formula is C16H16OS. The van der Waals surface area contributed by atoms with Crippen molar-refractivity contribution in [3.8, 4) is 0 Å². The molecule has 0 aliphatic carbocycles. The normalized spacial score (nSPS) is 17.4. The van der Waals surface area contributed by atoms with E-state index in [1.165, 1.54) is 16.7 Å². The minimum Gasteiger partial charge on any atom is -0.606 e. The summed E-state index contributed by atoms with van der Waals surface area (Å²) in [6.07, 6.45) is 0.898. The van der Waals surface area contributed by atoms with E-state index < -0.39 is 11.2 Å². The fraction of sp³-hybridized carbons (Fsp3) is 0.250. The van der Waals surface area contributed by atoms with Gasteiger partial charge in [0.15, 0.2) is 9.79 Å². The van der Waals surface area contributed by atoms with E-state index in [1.807, 2.05) is 18.2 Å². The molecule has 1 heterocycles. The molecule has 0 bridgehead atoms. The summed E-state index contributed by atoms with van der Waals surface area (Å²) < 4.78 is 12.6. The van der Waals surface area contributed by atoms with Gasteiger partial charge in [-0.05, 0) is 23.6 Å². The van der Waals surface area contributed by atoms with Crippen molar-refractivity contribution in [2.24, 2.45) is 0 Å². The highest BCUT2D eigenvalue weighted by Crippen LogP contribution is 2.35. The first-order chi connectivity index (χ1) is 8.66. The van der Waals surface area contributed by atoms with Crippen LogP contribution in [0, 0.1) is 0 Å². The van der Waals surface area contributed by atoms with Crippen molar-refractivity contribution in [1.29, 1.82) is 0 Å². The molecule has 0 amide bonds. The van der Waals surface area contributed by atoms with Crippen LogP contribution in [0.5, 0.6) is 0 Å². The van der Waals surface area contributed by atoms with E-state index >= 15 is 0 Å². The van der Waals surface area contributed by atoms with Crippen LogP contribution < -0.4 is 0 Å². The Hall–Kier alpha value is -1.25. The number of benzene rings is 2. The Balaban J connectivity index is 2.11. The summed E-state index contributed by atoms with van der Waals surface area (Å²) in [5.74, 6) is 0.476. The van der Waals surface area contributed by atoms with Gasteiger partial charge in [-0.2, -0.15) is 0 Å². The van der Waals surface area contributed by atoms with Crippen LogP contribution in [-0.4, -0.2) is 4.55 Å². The lowest BCUT2D eigenvalue weighted by Gasteiger charge is -2.22. The van der Waals surface area contributed by atoms with Crippen molar-refractivity contribution in [3.63, 3.8) is 0 Å². The molecule has 0 radical (unpaired) electrons. The van der Waals surface area contributed by atoms with Crippen molar-refractivity contribution >= 4 is 11.2 Å². The van der Waals surface area contributed by atoms with Crippen LogP contribution in [-0.2, 0) is 17.6 Å². The molecule has 2 heteroatoms. The first-order valence-electron chi connectivity index (χ1n) is 6.29. The lowest BCUT2D eigenvalue weighted by atomic mass is 9.98. The van der Waals surface area contributed by atoms with Gasteiger partial charge in [0.05, 0.1) is 0 Å². The van der Waals surface area contributed by atoms with Crippen LogP contribution in [0.2, 0.25) is 0 Å². The van der Waals surface area contributed by atoms with Crippen LogP contribution in [0.15, 0.2) is 52.3 Å². The van der Waals surface area contributed by atoms with Crippen LogP contribution in [0.3, 0.4) is 0 Å². The van der Waals surface area contributed by atoms with Gasteiger partial charge in [0, 0.05) is 28.7 Å². The van der Waals surface area contributed by atoms with Crippen LogP contribution in [0.4, 0.5) is 0 Å². The molecule has 0 N–H and O–H groups in total. The van der Waals surface area contributed by atoms with Crippen molar-refractivity contribution in [2.45, 2.75) is 36.0 Å². The Bertz CT molecular complexity index is 589. The first-order valence-corrected chi connectivity index (χ1v) is 7.44. The second-order valence-corrected chi connectivity index (χ2v) is 6.49. The fourth-order valence-electron chi connectivity index (χ4n) is 2.40. The zero-order valence-electron chi connectivity index (χ0n) is 10.6. The molecule has 18 heavy (non-hydrogen) atoms. The third kappa shape index (κ3) is 1.86. The van der Waals surface area contributed by atoms with Gasteiger partial charge in [-0.3, -0.25) is 0 Å². The summed E-state index contributed by atoms with van der Waals surface area (Å²) in [5.41, 5.74) is 3.67. The Labute approximate surface area is 111 Å². The van der Waals surface area contributed by atoms with Gasteiger partial charge in [-0.25, -0.2) is 0 Å². The minimum atomic E-state index is -1.02. The molecule has 92 valence electrons. The zero-order chi connectivity index (χ0) is 12.7. The van der Waals surface area contributed by atoms with E-state index in [2.05, 4.69) is 38.1 Å². The molecule has 0 spiro atoms. The maximum Gasteiger partial charge on any atom is 0.162 e. The van der Waals surface area contributed by atoms with Gasteiger partial charge in [0.25, 0.3) is 0 Å². The molecule has 2 aromatic rings. The van der Waals surface area contributed by atoms with Gasteiger partial charge in [0.2, 0.25) is 0 Å². The standard InChI is InChI=1S/C16H16OS/c1-11(2)12-7-8-14-9-13-5-3-4-6-15(13)18(17)16(14)10-12/h3-8,10-11H,9H2,1-2H3. The van der Waals surface area contributed by atoms with Crippen LogP contribution >= 0.6 is 0 Å². The molecule has 3 rings (SSSR count). The second kappa shape index (κ2) is 4.45. The molecule has 0 saturated carbocycles. The van der Waals surface area contributed by atoms with E-state index in [9.17, 15) is 4.55 Å². The topological polar surface area (TPSA) is 23.1 Å². The quantitative estimate of drug-likeness (QED) is 0.710. The highest BCUT2D eigenvalue weighted by atomic mass is 32.2. The van der Waals surface area contributed by atoms with E-state index in [1.54, 1.807) is 0 Å². The lowest BCUT2D eigenvalue weighted by Crippen LogP contribution is -2.15. The Morgan fingerprint density at radius 2 is 1.72 bits per heavy atom. The maximum atomic E-state index is 12.6. The summed E-state index contributed by atoms with van der Waals surface area (Å²) in [4.78, 5) is 1.98. The van der Waals surface area contributed by atoms with Crippen LogP contribution in [0.1, 0.15) is 36.5 Å². The number of fused-ring (bicyclic) bond motifs is 2. The van der Waals surface area contributed by atoms with Crippen molar-refractivity contribution < 1.29 is 4.55 Å². The molecule has 1 atom stereocenters. The molecule has 1 nitrogen and oxygen atoms in total. The first kappa shape index (κ1) is 11.8. The summed E-state index contributed by atoms with van der Waals surface area (Å²) in [7, 11) is 0. The molecule has 0 aromatic heterocycles. The number of hydrogen-bond donors (Lipinski definition) is 0. The largest absolute Gasteiger partial charge is 0.606 e. The highest BCUT2D eigenvalue weighted by Gasteiger charge is 2.28. The Kier molecular flexibility index (Phi) is 2.92. The van der Waals surface area contributed by atoms with Crippen LogP contribution in [0.25, 0.3) is 0 Å². The molecule has 1 aliphatic rings. The van der Waals surface area contributed by atoms with Crippen molar-refractivity contribution in [1.82, 2.24) is 0 Å². The average Bonchev–Trinajstić information content (AvgIpc) is 2.38. The van der Waals surface area contributed by atoms with Gasteiger partial charge in [0.1, 0.15) is 0 Å². The molecule has 2 aromatic carbocycles. The Morgan fingerprint density at radius 3 is 2.50 bits per heavy atom. The van der Waals surface area contributed by atoms with Gasteiger partial charge in [-0.1, -0.05) is 44.2 Å². The van der Waals surface area contributed by atoms with E-state index in [0.717, 1.165) is 16.2 Å². The van der Waals surface area contributed by atoms with E-state index in [0.29, 0.717) is 5.92 Å². The van der Waals surface area contributed by atoms with Crippen molar-refractivity contribution in [2.75, 3.05) is 0 Å². The number of hydrogen-bond acceptors (Lipinski definition) is 1. The smallest absolute Gasteiger partial charge is 0.162 e. The SMILES string of the molecule is CC(C)c1ccc2c(c1)[S+]([O-])c1ccccc1C2. The van der Waals surface area contributed by atoms with E-state index in [4.69, 9.17) is 0 Å². The Morgan fingerprint density at radius 1 is 1.00 bits per heavy atom. The maximum absolute atomic E-state index is 12.6. The fourth-order valence-corrected chi connectivity index (χ4v) is 3.84. The van der Waals surface area contributed by atoms with Gasteiger partial charge in [-0.15, -0.1) is 0 Å². The average molecular weight is 256 g/mol. The molecule has 1 aliphatic heterocycles. The molecule has 1 unspecified atom stereocenters. The predicted molar refractivity (Wildman–Crippen MR) is 74.5 cm³/mol. The monoisotopic (exact) mass is 256 g/mol. The van der Waals surface area contributed by atoms with E-state index in [-0.39, 0.29) is 0 Å². The third-order valence-corrected chi connectivity index (χ3v) is 5.09. The molecule has 0 fully saturated rings. The zero-order valence-corrected chi connectivity index (χ0v) is 11.5. The number of rotatable bonds is 1. The molecule has 0 saturated heterocycles. The highest BCUT2D eigenvalue weighted by molar-refractivity contribution is 7.91. The predicted octanol–water partition coefficient (Wildman–Crippen LogP) is 3.88. The summed E-state index contributed by atoms with van der Waals surface area (Å²) in [5, 5.41) is 0. The van der Waals surface area contributed by atoms with Crippen molar-refractivity contribution in [3.05, 3.63) is 59.2 Å². The van der Waals surface area contributed by atoms with Gasteiger partial charge < -0.3 is 4.55 Å². The van der Waals surface area contributed by atoms with Gasteiger partial charge >= 0.3 is 0 Å². The summed E-state index contributed by atoms with van der Waals surface area (Å²) in [6.45, 7) is 4.34. The lowest BCUT2D eigenvalue weighted by molar-refractivity contribution is 0.590. The molecular weight excluding hydrogens is 240 g/mol. The summed E-state index contributed by atoms with van der Waals surface area (Å²) >= 11 is -1.02. The minimum absolute atomic E-state index is 0.476. The summed E-state index contributed by atoms with van der Waals surface area (Å²) in [6, 6.07) is 14.5. The third-order valence-electron chi connectivity index (χ3n) is 3.51.